The van der Waals surface area contributed by atoms with E-state index < -0.39 is 29.1 Å². The number of nitrogens with one attached hydrogen (secondary N) is 2. The van der Waals surface area contributed by atoms with Crippen molar-refractivity contribution in [3.05, 3.63) is 47.3 Å². The molecule has 0 unspecified atom stereocenters. The van der Waals surface area contributed by atoms with Crippen LogP contribution in [-0.2, 0) is 12.1 Å². The van der Waals surface area contributed by atoms with Crippen molar-refractivity contribution in [2.45, 2.75) is 37.8 Å². The highest BCUT2D eigenvalue weighted by atomic mass is 19.3. The van der Waals surface area contributed by atoms with Crippen molar-refractivity contribution in [1.29, 1.82) is 0 Å². The molecule has 2 aromatic rings. The molecule has 146 valence electrons. The number of alkyl halides is 2. The number of hydrogen-bond donors (Lipinski definition) is 2. The molecule has 1 aliphatic heterocycles. The number of urea groups is 1. The molecule has 2 aliphatic rings. The van der Waals surface area contributed by atoms with Gasteiger partial charge in [0.25, 0.3) is 5.92 Å². The Hall–Kier alpha value is -3.02. The molecule has 2 N–H and O–H groups in total. The van der Waals surface area contributed by atoms with Gasteiger partial charge in [0.15, 0.2) is 11.4 Å². The number of aromatic nitrogens is 2. The molecule has 0 bridgehead atoms. The third kappa shape index (κ3) is 3.19. The average molecular weight is 392 g/mol. The van der Waals surface area contributed by atoms with Gasteiger partial charge in [-0.3, -0.25) is 4.68 Å². The van der Waals surface area contributed by atoms with Gasteiger partial charge in [0.2, 0.25) is 0 Å². The lowest BCUT2D eigenvalue weighted by atomic mass is 9.81. The van der Waals surface area contributed by atoms with Crippen LogP contribution in [0.3, 0.4) is 0 Å². The zero-order valence-corrected chi connectivity index (χ0v) is 14.8. The van der Waals surface area contributed by atoms with Crippen molar-refractivity contribution >= 4 is 11.7 Å². The van der Waals surface area contributed by atoms with E-state index in [1.54, 1.807) is 0 Å². The van der Waals surface area contributed by atoms with Crippen LogP contribution in [-0.4, -0.2) is 21.7 Å². The summed E-state index contributed by atoms with van der Waals surface area (Å²) in [4.78, 5) is 12.1. The van der Waals surface area contributed by atoms with Crippen LogP contribution in [0.2, 0.25) is 0 Å². The Morgan fingerprint density at radius 2 is 2.11 bits per heavy atom. The Balaban J connectivity index is 1.82. The van der Waals surface area contributed by atoms with Gasteiger partial charge in [-0.1, -0.05) is 11.8 Å². The smallest absolute Gasteiger partial charge is 0.312 e. The van der Waals surface area contributed by atoms with Crippen molar-refractivity contribution in [1.82, 2.24) is 15.1 Å². The molecule has 0 saturated heterocycles. The van der Waals surface area contributed by atoms with Crippen molar-refractivity contribution in [2.75, 3.05) is 5.32 Å². The molecule has 4 rings (SSSR count). The van der Waals surface area contributed by atoms with E-state index >= 15 is 0 Å². The zero-order valence-electron chi connectivity index (χ0n) is 14.8. The number of anilines is 1. The molecule has 9 heteroatoms. The van der Waals surface area contributed by atoms with Gasteiger partial charge in [0.1, 0.15) is 5.82 Å². The Labute approximate surface area is 158 Å². The van der Waals surface area contributed by atoms with Crippen LogP contribution in [0.15, 0.2) is 24.5 Å². The van der Waals surface area contributed by atoms with E-state index in [1.165, 1.54) is 6.07 Å². The number of benzene rings is 1. The van der Waals surface area contributed by atoms with Crippen molar-refractivity contribution < 1.29 is 22.4 Å². The van der Waals surface area contributed by atoms with Gasteiger partial charge in [-0.25, -0.2) is 22.4 Å². The summed E-state index contributed by atoms with van der Waals surface area (Å²) in [5, 5.41) is 8.36. The molecule has 1 aliphatic carbocycles. The highest BCUT2D eigenvalue weighted by Gasteiger charge is 2.55. The lowest BCUT2D eigenvalue weighted by Gasteiger charge is -2.40. The van der Waals surface area contributed by atoms with Crippen LogP contribution in [0.5, 0.6) is 0 Å². The van der Waals surface area contributed by atoms with Crippen molar-refractivity contribution in [2.24, 2.45) is 5.92 Å². The number of fused-ring (bicyclic) bond motifs is 1. The maximum atomic E-state index is 14.7. The van der Waals surface area contributed by atoms with Crippen LogP contribution in [0.25, 0.3) is 0 Å². The summed E-state index contributed by atoms with van der Waals surface area (Å²) < 4.78 is 58.3. The molecule has 1 fully saturated rings. The van der Waals surface area contributed by atoms with Gasteiger partial charge in [-0.15, -0.1) is 0 Å². The molecule has 1 aromatic heterocycles. The summed E-state index contributed by atoms with van der Waals surface area (Å²) in [5.41, 5.74) is -2.41. The van der Waals surface area contributed by atoms with E-state index in [1.807, 2.05) is 0 Å². The molecule has 1 aromatic carbocycles. The lowest BCUT2D eigenvalue weighted by molar-refractivity contribution is -0.0465. The molecule has 5 nitrogen and oxygen atoms in total. The highest BCUT2D eigenvalue weighted by molar-refractivity contribution is 5.95. The summed E-state index contributed by atoms with van der Waals surface area (Å²) in [6, 6.07) is 1.33. The van der Waals surface area contributed by atoms with Gasteiger partial charge in [0.05, 0.1) is 18.9 Å². The van der Waals surface area contributed by atoms with Crippen LogP contribution in [0, 0.1) is 29.4 Å². The number of amides is 2. The monoisotopic (exact) mass is 392 g/mol. The fourth-order valence-electron chi connectivity index (χ4n) is 3.14. The molecule has 2 heterocycles. The van der Waals surface area contributed by atoms with E-state index in [2.05, 4.69) is 27.6 Å². The van der Waals surface area contributed by atoms with E-state index in [-0.39, 0.29) is 29.3 Å². The number of nitrogens with zero attached hydrogens (tertiary/aromatic N) is 2. The van der Waals surface area contributed by atoms with E-state index in [0.29, 0.717) is 6.92 Å². The Kier molecular flexibility index (Phi) is 4.10. The first-order valence-electron chi connectivity index (χ1n) is 8.68. The second-order valence-electron chi connectivity index (χ2n) is 7.11. The maximum absolute atomic E-state index is 14.7. The molecule has 2 amide bonds. The first-order valence-corrected chi connectivity index (χ1v) is 8.68. The molecule has 1 saturated carbocycles. The van der Waals surface area contributed by atoms with Crippen LogP contribution in [0.4, 0.5) is 28.0 Å². The van der Waals surface area contributed by atoms with E-state index in [0.717, 1.165) is 36.0 Å². The molecular formula is C19H16F4N4O. The second-order valence-corrected chi connectivity index (χ2v) is 7.11. The number of halogens is 4. The Bertz CT molecular complexity index is 1010. The minimum Gasteiger partial charge on any atom is -0.312 e. The topological polar surface area (TPSA) is 59.0 Å². The molecule has 0 radical (unpaired) electrons. The summed E-state index contributed by atoms with van der Waals surface area (Å²) >= 11 is 0. The first kappa shape index (κ1) is 18.3. The van der Waals surface area contributed by atoms with Gasteiger partial charge in [-0.05, 0) is 25.0 Å². The average Bonchev–Trinajstić information content (AvgIpc) is 3.34. The number of carbonyl (C=O) groups is 1. The predicted molar refractivity (Wildman–Crippen MR) is 92.6 cm³/mol. The quantitative estimate of drug-likeness (QED) is 0.619. The summed E-state index contributed by atoms with van der Waals surface area (Å²) in [6.45, 7) is 0.512. The number of rotatable bonds is 3. The summed E-state index contributed by atoms with van der Waals surface area (Å²) in [7, 11) is 0. The fraction of sp³-hybridized carbons (Fsp3) is 0.368. The van der Waals surface area contributed by atoms with E-state index in [4.69, 9.17) is 0 Å². The fourth-order valence-corrected chi connectivity index (χ4v) is 3.14. The largest absolute Gasteiger partial charge is 0.320 e. The second kappa shape index (κ2) is 6.26. The van der Waals surface area contributed by atoms with Crippen molar-refractivity contribution in [3.63, 3.8) is 0 Å². The van der Waals surface area contributed by atoms with Crippen LogP contribution in [0.1, 0.15) is 30.9 Å². The Morgan fingerprint density at radius 1 is 1.36 bits per heavy atom. The number of carbonyl (C=O) groups excluding carboxylic acids is 1. The minimum absolute atomic E-state index is 0.00768. The zero-order chi connectivity index (χ0) is 20.1. The summed E-state index contributed by atoms with van der Waals surface area (Å²) in [5.74, 6) is 0.445. The SMILES string of the molecule is CC(F)(F)[C@@]1(C#CC2CC2)NC(=O)Nc2cc(Cn3cc(F)cn3)c(F)cc21. The normalized spacial score (nSPS) is 21.2. The predicted octanol–water partition coefficient (Wildman–Crippen LogP) is 3.61. The summed E-state index contributed by atoms with van der Waals surface area (Å²) in [6.07, 6.45) is 3.67. The van der Waals surface area contributed by atoms with Crippen LogP contribution < -0.4 is 10.6 Å². The maximum Gasteiger partial charge on any atom is 0.320 e. The van der Waals surface area contributed by atoms with Gasteiger partial charge in [-0.2, -0.15) is 5.10 Å². The molecular weight excluding hydrogens is 376 g/mol. The lowest BCUT2D eigenvalue weighted by Crippen LogP contribution is -2.59. The Morgan fingerprint density at radius 3 is 2.71 bits per heavy atom. The van der Waals surface area contributed by atoms with Gasteiger partial charge >= 0.3 is 6.03 Å². The van der Waals surface area contributed by atoms with Crippen LogP contribution >= 0.6 is 0 Å². The molecule has 1 atom stereocenters. The number of hydrogen-bond acceptors (Lipinski definition) is 2. The third-order valence-electron chi connectivity index (χ3n) is 4.77. The highest BCUT2D eigenvalue weighted by Crippen LogP contribution is 2.44. The van der Waals surface area contributed by atoms with Gasteiger partial charge in [0, 0.05) is 29.7 Å². The minimum atomic E-state index is -3.47. The molecule has 0 spiro atoms. The molecule has 28 heavy (non-hydrogen) atoms. The van der Waals surface area contributed by atoms with Gasteiger partial charge < -0.3 is 10.6 Å². The van der Waals surface area contributed by atoms with Crippen molar-refractivity contribution in [3.8, 4) is 11.8 Å². The third-order valence-corrected chi connectivity index (χ3v) is 4.77. The van der Waals surface area contributed by atoms with E-state index in [9.17, 15) is 22.4 Å². The first-order chi connectivity index (χ1) is 13.2. The standard InChI is InChI=1S/C19H16F4N4O/c1-18(22,23)19(5-4-11-2-3-11)14-7-15(21)12(6-16(14)25-17(28)26-19)9-27-10-13(20)8-24-27/h6-8,10-11H,2-3,9H2,1H3,(H2,25,26,28)/t19-/m0/s1.